The Kier molecular flexibility index (Phi) is 6.51. The predicted octanol–water partition coefficient (Wildman–Crippen LogP) is 0.784. The SMILES string of the molecule is CN=C(NCCCN1C(=O)COc2ccccc21)N1CCC(N2CCOCC2)C1. The van der Waals surface area contributed by atoms with Gasteiger partial charge in [-0.2, -0.15) is 0 Å². The van der Waals surface area contributed by atoms with E-state index in [1.807, 2.05) is 36.2 Å². The average molecular weight is 402 g/mol. The van der Waals surface area contributed by atoms with Crippen molar-refractivity contribution >= 4 is 17.6 Å². The molecule has 29 heavy (non-hydrogen) atoms. The molecule has 1 unspecified atom stereocenters. The van der Waals surface area contributed by atoms with Gasteiger partial charge in [0.15, 0.2) is 12.6 Å². The molecule has 4 rings (SSSR count). The van der Waals surface area contributed by atoms with Crippen LogP contribution in [0.3, 0.4) is 0 Å². The number of rotatable bonds is 5. The number of hydrogen-bond donors (Lipinski definition) is 1. The monoisotopic (exact) mass is 401 g/mol. The van der Waals surface area contributed by atoms with Crippen LogP contribution in [0.15, 0.2) is 29.3 Å². The third-order valence-corrected chi connectivity index (χ3v) is 5.89. The number of likely N-dealkylation sites (tertiary alicyclic amines) is 1. The Morgan fingerprint density at radius 3 is 2.90 bits per heavy atom. The van der Waals surface area contributed by atoms with E-state index in [1.165, 1.54) is 6.42 Å². The Morgan fingerprint density at radius 1 is 1.24 bits per heavy atom. The van der Waals surface area contributed by atoms with Gasteiger partial charge in [-0.15, -0.1) is 0 Å². The van der Waals surface area contributed by atoms with Crippen molar-refractivity contribution in [3.8, 4) is 5.75 Å². The minimum atomic E-state index is 0.0148. The number of hydrogen-bond acceptors (Lipinski definition) is 5. The molecule has 8 nitrogen and oxygen atoms in total. The lowest BCUT2D eigenvalue weighted by molar-refractivity contribution is -0.121. The summed E-state index contributed by atoms with van der Waals surface area (Å²) in [6.45, 7) is 7.32. The van der Waals surface area contributed by atoms with Gasteiger partial charge in [-0.3, -0.25) is 14.7 Å². The van der Waals surface area contributed by atoms with Crippen LogP contribution in [0.5, 0.6) is 5.75 Å². The average Bonchev–Trinajstić information content (AvgIpc) is 3.26. The summed E-state index contributed by atoms with van der Waals surface area (Å²) in [5.74, 6) is 1.75. The molecule has 1 atom stereocenters. The largest absolute Gasteiger partial charge is 0.482 e. The first-order valence-corrected chi connectivity index (χ1v) is 10.6. The van der Waals surface area contributed by atoms with Crippen molar-refractivity contribution < 1.29 is 14.3 Å². The first-order chi connectivity index (χ1) is 14.3. The van der Waals surface area contributed by atoms with E-state index in [0.29, 0.717) is 12.6 Å². The molecule has 0 aliphatic carbocycles. The fraction of sp³-hybridized carbons (Fsp3) is 0.619. The molecule has 0 saturated carbocycles. The number of nitrogens with zero attached hydrogens (tertiary/aromatic N) is 4. The second-order valence-electron chi connectivity index (χ2n) is 7.67. The van der Waals surface area contributed by atoms with Crippen LogP contribution >= 0.6 is 0 Å². The summed E-state index contributed by atoms with van der Waals surface area (Å²) in [5.41, 5.74) is 0.862. The topological polar surface area (TPSA) is 69.6 Å². The highest BCUT2D eigenvalue weighted by Crippen LogP contribution is 2.31. The lowest BCUT2D eigenvalue weighted by Crippen LogP contribution is -2.47. The Balaban J connectivity index is 1.24. The summed E-state index contributed by atoms with van der Waals surface area (Å²) in [7, 11) is 1.84. The molecule has 2 saturated heterocycles. The number of guanidine groups is 1. The molecule has 3 heterocycles. The first kappa shape index (κ1) is 20.0. The van der Waals surface area contributed by atoms with Crippen molar-refractivity contribution in [2.45, 2.75) is 18.9 Å². The van der Waals surface area contributed by atoms with Crippen molar-refractivity contribution in [1.82, 2.24) is 15.1 Å². The molecule has 8 heteroatoms. The molecular weight excluding hydrogens is 370 g/mol. The summed E-state index contributed by atoms with van der Waals surface area (Å²) in [4.78, 5) is 23.5. The third-order valence-electron chi connectivity index (χ3n) is 5.89. The molecule has 0 aromatic heterocycles. The number of carbonyl (C=O) groups is 1. The van der Waals surface area contributed by atoms with Crippen LogP contribution < -0.4 is 15.0 Å². The quantitative estimate of drug-likeness (QED) is 0.447. The molecule has 0 bridgehead atoms. The van der Waals surface area contributed by atoms with Gasteiger partial charge in [0.1, 0.15) is 5.75 Å². The van der Waals surface area contributed by atoms with E-state index in [9.17, 15) is 4.79 Å². The molecule has 0 spiro atoms. The molecule has 1 N–H and O–H groups in total. The second kappa shape index (κ2) is 9.45. The normalized spacial score (nSPS) is 23.1. The number of aliphatic imine (C=N–C) groups is 1. The van der Waals surface area contributed by atoms with E-state index in [-0.39, 0.29) is 12.5 Å². The number of fused-ring (bicyclic) bond motifs is 1. The van der Waals surface area contributed by atoms with Crippen LogP contribution in [0.2, 0.25) is 0 Å². The minimum absolute atomic E-state index is 0.0148. The lowest BCUT2D eigenvalue weighted by Gasteiger charge is -2.32. The minimum Gasteiger partial charge on any atom is -0.482 e. The van der Waals surface area contributed by atoms with Crippen molar-refractivity contribution in [1.29, 1.82) is 0 Å². The molecule has 2 fully saturated rings. The maximum atomic E-state index is 12.3. The van der Waals surface area contributed by atoms with Gasteiger partial charge in [-0.05, 0) is 25.0 Å². The predicted molar refractivity (Wildman–Crippen MR) is 113 cm³/mol. The maximum absolute atomic E-state index is 12.3. The van der Waals surface area contributed by atoms with Gasteiger partial charge in [0.2, 0.25) is 0 Å². The summed E-state index contributed by atoms with van der Waals surface area (Å²) in [6.07, 6.45) is 2.01. The molecule has 158 valence electrons. The molecule has 3 aliphatic heterocycles. The zero-order chi connectivity index (χ0) is 20.1. The van der Waals surface area contributed by atoms with Crippen LogP contribution in [0.25, 0.3) is 0 Å². The number of nitrogens with one attached hydrogen (secondary N) is 1. The molecule has 1 amide bonds. The van der Waals surface area contributed by atoms with Crippen molar-refractivity contribution in [2.75, 3.05) is 71.0 Å². The first-order valence-electron chi connectivity index (χ1n) is 10.6. The van der Waals surface area contributed by atoms with E-state index in [1.54, 1.807) is 0 Å². The van der Waals surface area contributed by atoms with Gasteiger partial charge < -0.3 is 24.6 Å². The number of ether oxygens (including phenoxy) is 2. The maximum Gasteiger partial charge on any atom is 0.265 e. The van der Waals surface area contributed by atoms with Crippen molar-refractivity contribution in [2.24, 2.45) is 4.99 Å². The lowest BCUT2D eigenvalue weighted by atomic mass is 10.2. The number of morpholine rings is 1. The standard InChI is InChI=1S/C21H31N5O3/c1-22-21(25-10-7-17(15-25)24-11-13-28-14-12-24)23-8-4-9-26-18-5-2-3-6-19(18)29-16-20(26)27/h2-3,5-6,17H,4,7-16H2,1H3,(H,22,23). The highest BCUT2D eigenvalue weighted by Gasteiger charge is 2.30. The number of amides is 1. The van der Waals surface area contributed by atoms with Gasteiger partial charge in [0.25, 0.3) is 5.91 Å². The van der Waals surface area contributed by atoms with E-state index >= 15 is 0 Å². The Labute approximate surface area is 172 Å². The zero-order valence-electron chi connectivity index (χ0n) is 17.2. The summed E-state index contributed by atoms with van der Waals surface area (Å²) >= 11 is 0. The summed E-state index contributed by atoms with van der Waals surface area (Å²) < 4.78 is 11.0. The van der Waals surface area contributed by atoms with E-state index in [0.717, 1.165) is 69.8 Å². The molecule has 1 aromatic rings. The number of anilines is 1. The number of para-hydroxylation sites is 2. The molecule has 3 aliphatic rings. The van der Waals surface area contributed by atoms with Gasteiger partial charge in [0, 0.05) is 52.4 Å². The highest BCUT2D eigenvalue weighted by atomic mass is 16.5. The third kappa shape index (κ3) is 4.64. The highest BCUT2D eigenvalue weighted by molar-refractivity contribution is 5.97. The van der Waals surface area contributed by atoms with E-state index < -0.39 is 0 Å². The van der Waals surface area contributed by atoms with Crippen LogP contribution in [0.1, 0.15) is 12.8 Å². The van der Waals surface area contributed by atoms with E-state index in [4.69, 9.17) is 9.47 Å². The molecule has 0 radical (unpaired) electrons. The van der Waals surface area contributed by atoms with Gasteiger partial charge in [-0.1, -0.05) is 12.1 Å². The summed E-state index contributed by atoms with van der Waals surface area (Å²) in [6, 6.07) is 8.30. The Bertz CT molecular complexity index is 735. The van der Waals surface area contributed by atoms with Crippen LogP contribution in [0, 0.1) is 0 Å². The summed E-state index contributed by atoms with van der Waals surface area (Å²) in [5, 5.41) is 3.48. The van der Waals surface area contributed by atoms with Gasteiger partial charge in [-0.25, -0.2) is 0 Å². The molecule has 1 aromatic carbocycles. The van der Waals surface area contributed by atoms with Crippen LogP contribution in [-0.4, -0.2) is 93.8 Å². The van der Waals surface area contributed by atoms with Crippen LogP contribution in [0.4, 0.5) is 5.69 Å². The van der Waals surface area contributed by atoms with Gasteiger partial charge in [0.05, 0.1) is 18.9 Å². The van der Waals surface area contributed by atoms with Gasteiger partial charge >= 0.3 is 0 Å². The number of carbonyl (C=O) groups excluding carboxylic acids is 1. The Morgan fingerprint density at radius 2 is 2.07 bits per heavy atom. The fourth-order valence-corrected chi connectivity index (χ4v) is 4.34. The second-order valence-corrected chi connectivity index (χ2v) is 7.67. The van der Waals surface area contributed by atoms with Crippen molar-refractivity contribution in [3.05, 3.63) is 24.3 Å². The number of benzene rings is 1. The van der Waals surface area contributed by atoms with E-state index in [2.05, 4.69) is 20.1 Å². The van der Waals surface area contributed by atoms with Crippen molar-refractivity contribution in [3.63, 3.8) is 0 Å². The Hall–Kier alpha value is -2.32. The zero-order valence-corrected chi connectivity index (χ0v) is 17.2. The smallest absolute Gasteiger partial charge is 0.265 e. The fourth-order valence-electron chi connectivity index (χ4n) is 4.34. The van der Waals surface area contributed by atoms with Crippen LogP contribution in [-0.2, 0) is 9.53 Å². The molecular formula is C21H31N5O3.